The van der Waals surface area contributed by atoms with Gasteiger partial charge in [0.2, 0.25) is 0 Å². The van der Waals surface area contributed by atoms with Crippen LogP contribution in [0.15, 0.2) is 36.4 Å². The number of amides is 1. The molecule has 1 heterocycles. The molecule has 0 spiro atoms. The van der Waals surface area contributed by atoms with Gasteiger partial charge < -0.3 is 9.62 Å². The van der Waals surface area contributed by atoms with Crippen molar-refractivity contribution in [2.24, 2.45) is 5.92 Å². The van der Waals surface area contributed by atoms with Crippen molar-refractivity contribution in [3.8, 4) is 11.1 Å². The first-order valence-corrected chi connectivity index (χ1v) is 10.0. The number of hydrogen-bond donors (Lipinski definition) is 1. The van der Waals surface area contributed by atoms with Crippen LogP contribution < -0.4 is 4.72 Å². The van der Waals surface area contributed by atoms with E-state index in [4.69, 9.17) is 0 Å². The first kappa shape index (κ1) is 17.9. The third-order valence-electron chi connectivity index (χ3n) is 4.67. The van der Waals surface area contributed by atoms with E-state index in [1.165, 1.54) is 11.1 Å². The molecule has 25 heavy (non-hydrogen) atoms. The van der Waals surface area contributed by atoms with Crippen LogP contribution in [0, 0.1) is 12.8 Å². The number of anilines is 1. The first-order valence-electron chi connectivity index (χ1n) is 8.82. The first-order chi connectivity index (χ1) is 12.0. The van der Waals surface area contributed by atoms with Gasteiger partial charge >= 0.3 is 0 Å². The van der Waals surface area contributed by atoms with Crippen molar-refractivity contribution in [2.45, 2.75) is 33.7 Å². The Hall–Kier alpha value is -1.94. The Kier molecular flexibility index (Phi) is 5.38. The predicted molar refractivity (Wildman–Crippen MR) is 108 cm³/mol. The van der Waals surface area contributed by atoms with Crippen LogP contribution in [0.25, 0.3) is 11.1 Å². The average molecular weight is 355 g/mol. The summed E-state index contributed by atoms with van der Waals surface area (Å²) in [5, 5.41) is 0. The van der Waals surface area contributed by atoms with Gasteiger partial charge in [-0.2, -0.15) is 0 Å². The molecule has 1 N–H and O–H groups in total. The highest BCUT2D eigenvalue weighted by atomic mass is 32.2. The van der Waals surface area contributed by atoms with Gasteiger partial charge in [-0.25, -0.2) is 0 Å². The maximum absolute atomic E-state index is 12.7. The maximum Gasteiger partial charge on any atom is 0.254 e. The minimum absolute atomic E-state index is 0.192. The second kappa shape index (κ2) is 7.52. The van der Waals surface area contributed by atoms with Crippen molar-refractivity contribution in [2.75, 3.05) is 17.5 Å². The molecule has 0 saturated heterocycles. The highest BCUT2D eigenvalue weighted by Crippen LogP contribution is 2.32. The molecule has 0 fully saturated rings. The summed E-state index contributed by atoms with van der Waals surface area (Å²) in [5.74, 6) is 0.803. The molecule has 0 bridgehead atoms. The van der Waals surface area contributed by atoms with E-state index in [1.807, 2.05) is 11.2 Å². The van der Waals surface area contributed by atoms with E-state index in [9.17, 15) is 4.79 Å². The number of fused-ring (bicyclic) bond motifs is 1. The molecule has 1 aliphatic rings. The van der Waals surface area contributed by atoms with E-state index in [2.05, 4.69) is 61.9 Å². The van der Waals surface area contributed by atoms with Crippen LogP contribution in [0.2, 0.25) is 0 Å². The molecule has 2 aromatic rings. The number of carbonyl (C=O) groups is 1. The van der Waals surface area contributed by atoms with Gasteiger partial charge in [-0.15, -0.1) is 0 Å². The molecule has 4 heteroatoms. The third-order valence-corrected chi connectivity index (χ3v) is 5.11. The van der Waals surface area contributed by atoms with E-state index in [0.717, 1.165) is 41.9 Å². The number of rotatable bonds is 6. The molecule has 1 amide bonds. The smallest absolute Gasteiger partial charge is 0.254 e. The van der Waals surface area contributed by atoms with Crippen LogP contribution in [-0.4, -0.2) is 23.6 Å². The number of nitrogens with zero attached hydrogens (tertiary/aromatic N) is 1. The summed E-state index contributed by atoms with van der Waals surface area (Å²) in [5.41, 5.74) is 6.60. The summed E-state index contributed by atoms with van der Waals surface area (Å²) in [4.78, 5) is 14.7. The molecule has 0 aliphatic carbocycles. The van der Waals surface area contributed by atoms with Crippen molar-refractivity contribution >= 4 is 23.5 Å². The third kappa shape index (κ3) is 3.84. The number of aryl methyl sites for hydroxylation is 1. The minimum atomic E-state index is 0.192. The fourth-order valence-corrected chi connectivity index (χ4v) is 3.73. The molecule has 0 aromatic heterocycles. The lowest BCUT2D eigenvalue weighted by Crippen LogP contribution is -2.26. The average Bonchev–Trinajstić information content (AvgIpc) is 2.90. The molecule has 3 rings (SSSR count). The SMILES string of the molecule is CSNc1cccc(-c2cc(C)c3c(c2)CN(CCC(C)C)C3=O)c1. The highest BCUT2D eigenvalue weighted by Gasteiger charge is 2.29. The number of hydrogen-bond acceptors (Lipinski definition) is 3. The maximum atomic E-state index is 12.7. The van der Waals surface area contributed by atoms with E-state index in [-0.39, 0.29) is 5.91 Å². The fraction of sp³-hybridized carbons (Fsp3) is 0.381. The standard InChI is InChI=1S/C21H26N2OS/c1-14(2)8-9-23-13-18-11-17(10-15(3)20(18)21(23)24)16-6-5-7-19(12-16)22-25-4/h5-7,10-12,14,22H,8-9,13H2,1-4H3. The van der Waals surface area contributed by atoms with E-state index < -0.39 is 0 Å². The van der Waals surface area contributed by atoms with Crippen LogP contribution in [0.5, 0.6) is 0 Å². The van der Waals surface area contributed by atoms with Crippen LogP contribution >= 0.6 is 11.9 Å². The Morgan fingerprint density at radius 3 is 2.72 bits per heavy atom. The van der Waals surface area contributed by atoms with E-state index >= 15 is 0 Å². The number of benzene rings is 2. The number of nitrogens with one attached hydrogen (secondary N) is 1. The van der Waals surface area contributed by atoms with Gasteiger partial charge in [0, 0.05) is 30.6 Å². The number of carbonyl (C=O) groups excluding carboxylic acids is 1. The van der Waals surface area contributed by atoms with E-state index in [1.54, 1.807) is 11.9 Å². The summed E-state index contributed by atoms with van der Waals surface area (Å²) in [6.45, 7) is 8.03. The van der Waals surface area contributed by atoms with Gasteiger partial charge in [0.25, 0.3) is 5.91 Å². The molecular formula is C21H26N2OS. The second-order valence-corrected chi connectivity index (χ2v) is 7.74. The Bertz CT molecular complexity index is 785. The lowest BCUT2D eigenvalue weighted by molar-refractivity contribution is 0.0771. The quantitative estimate of drug-likeness (QED) is 0.709. The van der Waals surface area contributed by atoms with Crippen LogP contribution in [0.3, 0.4) is 0 Å². The largest absolute Gasteiger partial charge is 0.334 e. The monoisotopic (exact) mass is 354 g/mol. The molecule has 132 valence electrons. The minimum Gasteiger partial charge on any atom is -0.334 e. The van der Waals surface area contributed by atoms with Gasteiger partial charge in [-0.05, 0) is 59.7 Å². The van der Waals surface area contributed by atoms with Gasteiger partial charge in [-0.1, -0.05) is 44.0 Å². The van der Waals surface area contributed by atoms with E-state index in [0.29, 0.717) is 5.92 Å². The zero-order chi connectivity index (χ0) is 18.0. The molecule has 0 atom stereocenters. The summed E-state index contributed by atoms with van der Waals surface area (Å²) < 4.78 is 3.28. The normalized spacial score (nSPS) is 13.5. The predicted octanol–water partition coefficient (Wildman–Crippen LogP) is 5.35. The second-order valence-electron chi connectivity index (χ2n) is 7.12. The molecule has 3 nitrogen and oxygen atoms in total. The van der Waals surface area contributed by atoms with Gasteiger partial charge in [0.1, 0.15) is 0 Å². The lowest BCUT2D eigenvalue weighted by Gasteiger charge is -2.16. The Morgan fingerprint density at radius 2 is 2.00 bits per heavy atom. The summed E-state index contributed by atoms with van der Waals surface area (Å²) >= 11 is 1.59. The molecular weight excluding hydrogens is 328 g/mol. The molecule has 1 aliphatic heterocycles. The zero-order valence-corrected chi connectivity index (χ0v) is 16.2. The zero-order valence-electron chi connectivity index (χ0n) is 15.4. The summed E-state index contributed by atoms with van der Waals surface area (Å²) in [7, 11) is 0. The van der Waals surface area contributed by atoms with Crippen molar-refractivity contribution in [1.82, 2.24) is 4.90 Å². The summed E-state index contributed by atoms with van der Waals surface area (Å²) in [6.07, 6.45) is 3.07. The molecule has 0 radical (unpaired) electrons. The van der Waals surface area contributed by atoms with Crippen LogP contribution in [0.1, 0.15) is 41.8 Å². The fourth-order valence-electron chi connectivity index (χ4n) is 3.37. The van der Waals surface area contributed by atoms with Crippen LogP contribution in [0.4, 0.5) is 5.69 Å². The Balaban J connectivity index is 1.90. The highest BCUT2D eigenvalue weighted by molar-refractivity contribution is 7.99. The Labute approximate surface area is 154 Å². The lowest BCUT2D eigenvalue weighted by atomic mass is 9.96. The van der Waals surface area contributed by atoms with Gasteiger partial charge in [0.05, 0.1) is 0 Å². The molecule has 2 aromatic carbocycles. The van der Waals surface area contributed by atoms with Gasteiger partial charge in [0.15, 0.2) is 0 Å². The Morgan fingerprint density at radius 1 is 1.20 bits per heavy atom. The summed E-state index contributed by atoms with van der Waals surface area (Å²) in [6, 6.07) is 12.7. The van der Waals surface area contributed by atoms with Crippen molar-refractivity contribution < 1.29 is 4.79 Å². The van der Waals surface area contributed by atoms with Crippen molar-refractivity contribution in [1.29, 1.82) is 0 Å². The van der Waals surface area contributed by atoms with Crippen molar-refractivity contribution in [3.63, 3.8) is 0 Å². The van der Waals surface area contributed by atoms with Crippen molar-refractivity contribution in [3.05, 3.63) is 53.1 Å². The molecule has 0 saturated carbocycles. The topological polar surface area (TPSA) is 32.3 Å². The van der Waals surface area contributed by atoms with Crippen LogP contribution in [-0.2, 0) is 6.54 Å². The van der Waals surface area contributed by atoms with Gasteiger partial charge in [-0.3, -0.25) is 4.79 Å². The molecule has 0 unspecified atom stereocenters.